The number of carbonyl (C=O) groups is 2. The normalized spacial score (nSPS) is 12.1. The maximum atomic E-state index is 13.1. The highest BCUT2D eigenvalue weighted by molar-refractivity contribution is 7.80. The Morgan fingerprint density at radius 2 is 1.52 bits per heavy atom. The molecule has 144 valence electrons. The molecule has 0 saturated carbocycles. The molecule has 3 aromatic carbocycles. The van der Waals surface area contributed by atoms with Crippen LogP contribution in [0.25, 0.3) is 0 Å². The van der Waals surface area contributed by atoms with Crippen molar-refractivity contribution in [3.05, 3.63) is 87.9 Å². The van der Waals surface area contributed by atoms with Crippen LogP contribution < -0.4 is 15.4 Å². The van der Waals surface area contributed by atoms with Gasteiger partial charge in [0.05, 0.1) is 24.0 Å². The molecule has 0 spiro atoms. The van der Waals surface area contributed by atoms with Gasteiger partial charge in [0.1, 0.15) is 5.75 Å². The zero-order chi connectivity index (χ0) is 20.5. The molecule has 5 nitrogen and oxygen atoms in total. The maximum absolute atomic E-state index is 13.1. The predicted molar refractivity (Wildman–Crippen MR) is 118 cm³/mol. The third-order valence-electron chi connectivity index (χ3n) is 4.61. The van der Waals surface area contributed by atoms with Crippen molar-refractivity contribution >= 4 is 51.9 Å². The predicted octanol–water partition coefficient (Wildman–Crippen LogP) is 4.93. The fraction of sp³-hybridized carbons (Fsp3) is 0.0455. The lowest BCUT2D eigenvalue weighted by Crippen LogP contribution is -2.25. The summed E-state index contributed by atoms with van der Waals surface area (Å²) in [6.07, 6.45) is 0. The van der Waals surface area contributed by atoms with Crippen LogP contribution in [0, 0.1) is 0 Å². The number of benzene rings is 3. The van der Waals surface area contributed by atoms with Crippen LogP contribution >= 0.6 is 23.8 Å². The van der Waals surface area contributed by atoms with E-state index < -0.39 is 0 Å². The number of carbonyl (C=O) groups excluding carboxylic acids is 2. The van der Waals surface area contributed by atoms with Gasteiger partial charge in [-0.15, -0.1) is 0 Å². The van der Waals surface area contributed by atoms with E-state index in [4.69, 9.17) is 28.6 Å². The average molecular weight is 423 g/mol. The highest BCUT2D eigenvalue weighted by atomic mass is 35.5. The van der Waals surface area contributed by atoms with Gasteiger partial charge in [-0.3, -0.25) is 9.59 Å². The van der Waals surface area contributed by atoms with Crippen molar-refractivity contribution in [3.63, 3.8) is 0 Å². The first-order chi connectivity index (χ1) is 14.0. The number of halogens is 1. The summed E-state index contributed by atoms with van der Waals surface area (Å²) < 4.78 is 5.30. The number of hydrogen-bond acceptors (Lipinski definition) is 4. The van der Waals surface area contributed by atoms with Crippen LogP contribution in [0.2, 0.25) is 5.02 Å². The molecule has 0 atom stereocenters. The van der Waals surface area contributed by atoms with E-state index in [2.05, 4.69) is 10.6 Å². The molecular formula is C22H15ClN2O3S. The number of ether oxygens (including phenoxy) is 1. The number of thiocarbonyl (C=S) groups is 1. The van der Waals surface area contributed by atoms with Crippen LogP contribution in [-0.2, 0) is 0 Å². The molecule has 4 rings (SSSR count). The maximum Gasteiger partial charge on any atom is 0.196 e. The van der Waals surface area contributed by atoms with Gasteiger partial charge in [-0.25, -0.2) is 0 Å². The van der Waals surface area contributed by atoms with Crippen LogP contribution in [0.5, 0.6) is 5.75 Å². The smallest absolute Gasteiger partial charge is 0.196 e. The molecule has 0 fully saturated rings. The third kappa shape index (κ3) is 3.48. The van der Waals surface area contributed by atoms with E-state index in [0.29, 0.717) is 44.4 Å². The first-order valence-electron chi connectivity index (χ1n) is 8.72. The van der Waals surface area contributed by atoms with Crippen molar-refractivity contribution in [1.29, 1.82) is 0 Å². The fourth-order valence-corrected chi connectivity index (χ4v) is 3.69. The molecule has 1 aliphatic carbocycles. The lowest BCUT2D eigenvalue weighted by molar-refractivity contribution is 0.0979. The minimum Gasteiger partial charge on any atom is -0.495 e. The minimum absolute atomic E-state index is 0.186. The number of methoxy groups -OCH3 is 1. The fourth-order valence-electron chi connectivity index (χ4n) is 3.30. The number of nitrogens with one attached hydrogen (secondary N) is 2. The average Bonchev–Trinajstić information content (AvgIpc) is 2.72. The molecular weight excluding hydrogens is 408 g/mol. The van der Waals surface area contributed by atoms with Gasteiger partial charge in [-0.05, 0) is 36.5 Å². The van der Waals surface area contributed by atoms with E-state index in [1.807, 2.05) is 0 Å². The standard InChI is InChI=1S/C22H15ClN2O3S/c1-28-18-10-9-12(23)11-17(18)25-22(29)24-16-8-4-7-15-19(16)21(27)14-6-3-2-5-13(14)20(15)26/h2-11H,1H3,(H2,24,25,29). The van der Waals surface area contributed by atoms with Crippen molar-refractivity contribution in [3.8, 4) is 5.75 Å². The van der Waals surface area contributed by atoms with Gasteiger partial charge in [0.15, 0.2) is 16.7 Å². The van der Waals surface area contributed by atoms with E-state index >= 15 is 0 Å². The largest absolute Gasteiger partial charge is 0.495 e. The number of rotatable bonds is 3. The molecule has 2 N–H and O–H groups in total. The quantitative estimate of drug-likeness (QED) is 0.456. The van der Waals surface area contributed by atoms with Crippen molar-refractivity contribution in [2.75, 3.05) is 17.7 Å². The van der Waals surface area contributed by atoms with Gasteiger partial charge in [0, 0.05) is 21.7 Å². The number of fused-ring (bicyclic) bond motifs is 2. The number of ketones is 2. The Bertz CT molecular complexity index is 1180. The van der Waals surface area contributed by atoms with Gasteiger partial charge < -0.3 is 15.4 Å². The molecule has 7 heteroatoms. The lowest BCUT2D eigenvalue weighted by Gasteiger charge is -2.21. The van der Waals surface area contributed by atoms with E-state index in [9.17, 15) is 9.59 Å². The SMILES string of the molecule is COc1ccc(Cl)cc1NC(=S)Nc1cccc2c1C(=O)c1ccccc1C2=O. The van der Waals surface area contributed by atoms with Crippen LogP contribution in [0.1, 0.15) is 31.8 Å². The molecule has 0 aliphatic heterocycles. The van der Waals surface area contributed by atoms with Crippen LogP contribution in [-0.4, -0.2) is 23.8 Å². The molecule has 0 amide bonds. The summed E-state index contributed by atoms with van der Waals surface area (Å²) in [5.41, 5.74) is 2.48. The Kier molecular flexibility index (Phi) is 5.05. The summed E-state index contributed by atoms with van der Waals surface area (Å²) in [4.78, 5) is 25.9. The highest BCUT2D eigenvalue weighted by Gasteiger charge is 2.31. The summed E-state index contributed by atoms with van der Waals surface area (Å²) >= 11 is 11.5. The van der Waals surface area contributed by atoms with Crippen molar-refractivity contribution in [2.24, 2.45) is 0 Å². The Balaban J connectivity index is 1.66. The number of anilines is 2. The van der Waals surface area contributed by atoms with Gasteiger partial charge in [-0.2, -0.15) is 0 Å². The second-order valence-electron chi connectivity index (χ2n) is 6.36. The topological polar surface area (TPSA) is 67.4 Å². The second-order valence-corrected chi connectivity index (χ2v) is 7.20. The monoisotopic (exact) mass is 422 g/mol. The summed E-state index contributed by atoms with van der Waals surface area (Å²) in [6.45, 7) is 0. The van der Waals surface area contributed by atoms with Crippen molar-refractivity contribution in [1.82, 2.24) is 0 Å². The van der Waals surface area contributed by atoms with E-state index in [0.717, 1.165) is 0 Å². The van der Waals surface area contributed by atoms with Crippen LogP contribution in [0.3, 0.4) is 0 Å². The first kappa shape index (κ1) is 19.1. The second kappa shape index (κ2) is 7.66. The first-order valence-corrected chi connectivity index (χ1v) is 9.51. The highest BCUT2D eigenvalue weighted by Crippen LogP contribution is 2.32. The Labute approximate surface area is 177 Å². The van der Waals surface area contributed by atoms with Gasteiger partial charge in [0.2, 0.25) is 0 Å². The molecule has 3 aromatic rings. The molecule has 29 heavy (non-hydrogen) atoms. The molecule has 0 saturated heterocycles. The van der Waals surface area contributed by atoms with Gasteiger partial charge in [0.25, 0.3) is 0 Å². The summed E-state index contributed by atoms with van der Waals surface area (Å²) in [5, 5.41) is 6.79. The zero-order valence-corrected chi connectivity index (χ0v) is 16.9. The van der Waals surface area contributed by atoms with Crippen molar-refractivity contribution < 1.29 is 14.3 Å². The summed E-state index contributed by atoms with van der Waals surface area (Å²) in [5.74, 6) is 0.157. The van der Waals surface area contributed by atoms with Crippen molar-refractivity contribution in [2.45, 2.75) is 0 Å². The number of hydrogen-bond donors (Lipinski definition) is 2. The third-order valence-corrected chi connectivity index (χ3v) is 5.05. The molecule has 0 unspecified atom stereocenters. The Hall–Kier alpha value is -3.22. The van der Waals surface area contributed by atoms with E-state index in [1.165, 1.54) is 0 Å². The molecule has 1 aliphatic rings. The molecule has 0 radical (unpaired) electrons. The molecule has 0 aromatic heterocycles. The molecule has 0 heterocycles. The van der Waals surface area contributed by atoms with E-state index in [-0.39, 0.29) is 16.7 Å². The minimum atomic E-state index is -0.221. The lowest BCUT2D eigenvalue weighted by atomic mass is 9.83. The summed E-state index contributed by atoms with van der Waals surface area (Å²) in [7, 11) is 1.54. The zero-order valence-electron chi connectivity index (χ0n) is 15.3. The van der Waals surface area contributed by atoms with E-state index in [1.54, 1.807) is 67.8 Å². The van der Waals surface area contributed by atoms with Gasteiger partial charge >= 0.3 is 0 Å². The van der Waals surface area contributed by atoms with Crippen LogP contribution in [0.15, 0.2) is 60.7 Å². The van der Waals surface area contributed by atoms with Gasteiger partial charge in [-0.1, -0.05) is 48.0 Å². The Morgan fingerprint density at radius 3 is 2.24 bits per heavy atom. The Morgan fingerprint density at radius 1 is 0.862 bits per heavy atom. The summed E-state index contributed by atoms with van der Waals surface area (Å²) in [6, 6.07) is 17.0. The molecule has 0 bridgehead atoms. The van der Waals surface area contributed by atoms with Crippen LogP contribution in [0.4, 0.5) is 11.4 Å².